The number of fused-ring (bicyclic) bond motifs is 1. The van der Waals surface area contributed by atoms with Crippen molar-refractivity contribution in [2.45, 2.75) is 41.9 Å². The number of imidazole rings is 1. The van der Waals surface area contributed by atoms with Crippen LogP contribution >= 0.6 is 0 Å². The standard InChI is InChI=1S/C22H24FN3O4S/c1-25-18-12-17(24-21(27)14-6-4-3-5-7-14)20(13-19(18)26(2)22(25)28)31(29,30)16-10-8-15(23)9-11-16/h8-14H,3-7H2,1-2H3,(H,24,27). The molecule has 1 aromatic heterocycles. The lowest BCUT2D eigenvalue weighted by atomic mass is 9.88. The summed E-state index contributed by atoms with van der Waals surface area (Å²) < 4.78 is 42.9. The lowest BCUT2D eigenvalue weighted by Gasteiger charge is -2.21. The van der Waals surface area contributed by atoms with Crippen LogP contribution < -0.4 is 11.0 Å². The number of halogens is 1. The van der Waals surface area contributed by atoms with E-state index < -0.39 is 15.7 Å². The summed E-state index contributed by atoms with van der Waals surface area (Å²) in [6.45, 7) is 0. The molecule has 0 saturated heterocycles. The summed E-state index contributed by atoms with van der Waals surface area (Å²) in [5.41, 5.74) is 0.734. The van der Waals surface area contributed by atoms with Crippen LogP contribution in [0.15, 0.2) is 51.0 Å². The summed E-state index contributed by atoms with van der Waals surface area (Å²) in [6.07, 6.45) is 4.54. The molecule has 0 spiro atoms. The highest BCUT2D eigenvalue weighted by Crippen LogP contribution is 2.33. The number of rotatable bonds is 4. The zero-order valence-electron chi connectivity index (χ0n) is 17.4. The first-order chi connectivity index (χ1) is 14.7. The Morgan fingerprint density at radius 2 is 1.58 bits per heavy atom. The Hall–Kier alpha value is -2.94. The summed E-state index contributed by atoms with van der Waals surface area (Å²) >= 11 is 0. The minimum atomic E-state index is -4.08. The van der Waals surface area contributed by atoms with Gasteiger partial charge in [0, 0.05) is 20.0 Å². The Labute approximate surface area is 179 Å². The topological polar surface area (TPSA) is 90.2 Å². The van der Waals surface area contributed by atoms with E-state index in [-0.39, 0.29) is 33.0 Å². The normalized spacial score (nSPS) is 15.3. The van der Waals surface area contributed by atoms with Gasteiger partial charge in [0.25, 0.3) is 0 Å². The second-order valence-electron chi connectivity index (χ2n) is 8.02. The molecule has 2 aromatic carbocycles. The number of benzene rings is 2. The van der Waals surface area contributed by atoms with Gasteiger partial charge in [0.2, 0.25) is 15.7 Å². The van der Waals surface area contributed by atoms with Gasteiger partial charge in [-0.25, -0.2) is 17.6 Å². The molecule has 4 rings (SSSR count). The van der Waals surface area contributed by atoms with E-state index in [9.17, 15) is 22.4 Å². The smallest absolute Gasteiger partial charge is 0.325 e. The number of hydrogen-bond acceptors (Lipinski definition) is 4. The second-order valence-corrected chi connectivity index (χ2v) is 9.94. The van der Waals surface area contributed by atoms with E-state index in [2.05, 4.69) is 5.32 Å². The molecule has 164 valence electrons. The first kappa shape index (κ1) is 21.3. The fraction of sp³-hybridized carbons (Fsp3) is 0.364. The summed E-state index contributed by atoms with van der Waals surface area (Å²) in [6, 6.07) is 7.44. The number of nitrogens with one attached hydrogen (secondary N) is 1. The molecule has 1 N–H and O–H groups in total. The molecule has 1 aliphatic rings. The van der Waals surface area contributed by atoms with E-state index in [1.807, 2.05) is 0 Å². The zero-order chi connectivity index (χ0) is 22.3. The molecule has 0 unspecified atom stereocenters. The van der Waals surface area contributed by atoms with E-state index in [1.165, 1.54) is 33.4 Å². The molecule has 1 aliphatic carbocycles. The Kier molecular flexibility index (Phi) is 5.47. The first-order valence-corrected chi connectivity index (χ1v) is 11.7. The number of hydrogen-bond donors (Lipinski definition) is 1. The Bertz CT molecular complexity index is 1320. The summed E-state index contributed by atoms with van der Waals surface area (Å²) in [5.74, 6) is -0.952. The number of aromatic nitrogens is 2. The average Bonchev–Trinajstić information content (AvgIpc) is 2.97. The molecule has 9 heteroatoms. The van der Waals surface area contributed by atoms with Crippen molar-refractivity contribution >= 4 is 32.5 Å². The van der Waals surface area contributed by atoms with E-state index in [0.29, 0.717) is 11.0 Å². The predicted octanol–water partition coefficient (Wildman–Crippen LogP) is 3.37. The number of carbonyl (C=O) groups is 1. The van der Waals surface area contributed by atoms with Gasteiger partial charge in [0.15, 0.2) is 0 Å². The van der Waals surface area contributed by atoms with Gasteiger partial charge < -0.3 is 5.32 Å². The molecule has 0 bridgehead atoms. The van der Waals surface area contributed by atoms with E-state index >= 15 is 0 Å². The minimum Gasteiger partial charge on any atom is -0.325 e. The lowest BCUT2D eigenvalue weighted by molar-refractivity contribution is -0.120. The number of anilines is 1. The van der Waals surface area contributed by atoms with Gasteiger partial charge >= 0.3 is 5.69 Å². The molecule has 7 nitrogen and oxygen atoms in total. The third-order valence-corrected chi connectivity index (χ3v) is 7.83. The molecule has 1 amide bonds. The molecule has 1 fully saturated rings. The van der Waals surface area contributed by atoms with Crippen LogP contribution in [0.2, 0.25) is 0 Å². The number of amides is 1. The highest BCUT2D eigenvalue weighted by molar-refractivity contribution is 7.91. The SMILES string of the molecule is Cn1c(=O)n(C)c2cc(S(=O)(=O)c3ccc(F)cc3)c(NC(=O)C3CCCCC3)cc21. The molecule has 3 aromatic rings. The number of aryl methyl sites for hydroxylation is 2. The molecule has 1 saturated carbocycles. The van der Waals surface area contributed by atoms with E-state index in [0.717, 1.165) is 44.2 Å². The largest absolute Gasteiger partial charge is 0.328 e. The van der Waals surface area contributed by atoms with Crippen LogP contribution in [0.5, 0.6) is 0 Å². The van der Waals surface area contributed by atoms with Crippen LogP contribution in [0.3, 0.4) is 0 Å². The number of nitrogens with zero attached hydrogens (tertiary/aromatic N) is 2. The van der Waals surface area contributed by atoms with Gasteiger partial charge in [-0.15, -0.1) is 0 Å². The highest BCUT2D eigenvalue weighted by atomic mass is 32.2. The van der Waals surface area contributed by atoms with Crippen molar-refractivity contribution in [1.82, 2.24) is 9.13 Å². The Morgan fingerprint density at radius 1 is 1.00 bits per heavy atom. The third-order valence-electron chi connectivity index (χ3n) is 6.02. The van der Waals surface area contributed by atoms with Crippen molar-refractivity contribution < 1.29 is 17.6 Å². The molecule has 0 atom stereocenters. The maximum Gasteiger partial charge on any atom is 0.328 e. The summed E-state index contributed by atoms with van der Waals surface area (Å²) in [4.78, 5) is 25.1. The van der Waals surface area contributed by atoms with Crippen LogP contribution in [0.25, 0.3) is 11.0 Å². The number of sulfone groups is 1. The average molecular weight is 446 g/mol. The fourth-order valence-corrected chi connectivity index (χ4v) is 5.60. The summed E-state index contributed by atoms with van der Waals surface area (Å²) in [7, 11) is -0.937. The van der Waals surface area contributed by atoms with Crippen LogP contribution in [0.1, 0.15) is 32.1 Å². The highest BCUT2D eigenvalue weighted by Gasteiger charge is 2.27. The predicted molar refractivity (Wildman–Crippen MR) is 115 cm³/mol. The summed E-state index contributed by atoms with van der Waals surface area (Å²) in [5, 5.41) is 2.80. The lowest BCUT2D eigenvalue weighted by Crippen LogP contribution is -2.25. The van der Waals surface area contributed by atoms with Gasteiger partial charge in [0.1, 0.15) is 5.82 Å². The van der Waals surface area contributed by atoms with Gasteiger partial charge in [-0.3, -0.25) is 13.9 Å². The molecule has 0 aliphatic heterocycles. The van der Waals surface area contributed by atoms with Crippen LogP contribution in [-0.2, 0) is 28.7 Å². The third kappa shape index (κ3) is 3.78. The minimum absolute atomic E-state index is 0.0950. The van der Waals surface area contributed by atoms with Crippen molar-refractivity contribution in [2.75, 3.05) is 5.32 Å². The van der Waals surface area contributed by atoms with Crippen LogP contribution in [0, 0.1) is 11.7 Å². The molecular formula is C22H24FN3O4S. The van der Waals surface area contributed by atoms with Crippen molar-refractivity contribution in [2.24, 2.45) is 20.0 Å². The quantitative estimate of drug-likeness (QED) is 0.624. The Balaban J connectivity index is 1.88. The van der Waals surface area contributed by atoms with Gasteiger partial charge in [0.05, 0.1) is 26.5 Å². The molecule has 31 heavy (non-hydrogen) atoms. The van der Waals surface area contributed by atoms with Gasteiger partial charge in [-0.1, -0.05) is 19.3 Å². The Morgan fingerprint density at radius 3 is 2.19 bits per heavy atom. The second kappa shape index (κ2) is 7.96. The van der Waals surface area contributed by atoms with Crippen LogP contribution in [-0.4, -0.2) is 23.5 Å². The van der Waals surface area contributed by atoms with E-state index in [1.54, 1.807) is 14.1 Å². The molecular weight excluding hydrogens is 421 g/mol. The van der Waals surface area contributed by atoms with Gasteiger partial charge in [-0.2, -0.15) is 0 Å². The first-order valence-electron chi connectivity index (χ1n) is 10.2. The van der Waals surface area contributed by atoms with Crippen LogP contribution in [0.4, 0.5) is 10.1 Å². The zero-order valence-corrected chi connectivity index (χ0v) is 18.2. The van der Waals surface area contributed by atoms with Crippen molar-refractivity contribution in [3.8, 4) is 0 Å². The maximum absolute atomic E-state index is 13.4. The fourth-order valence-electron chi connectivity index (χ4n) is 4.19. The van der Waals surface area contributed by atoms with Crippen molar-refractivity contribution in [3.05, 3.63) is 52.7 Å². The van der Waals surface area contributed by atoms with Crippen molar-refractivity contribution in [1.29, 1.82) is 0 Å². The molecule has 0 radical (unpaired) electrons. The molecule has 1 heterocycles. The van der Waals surface area contributed by atoms with Crippen molar-refractivity contribution in [3.63, 3.8) is 0 Å². The maximum atomic E-state index is 13.4. The van der Waals surface area contributed by atoms with E-state index in [4.69, 9.17) is 0 Å². The number of carbonyl (C=O) groups excluding carboxylic acids is 1. The van der Waals surface area contributed by atoms with Gasteiger partial charge in [-0.05, 0) is 49.2 Å². The monoisotopic (exact) mass is 445 g/mol.